The van der Waals surface area contributed by atoms with E-state index in [4.69, 9.17) is 10.5 Å². The first-order valence-electron chi connectivity index (χ1n) is 6.98. The molecule has 0 unspecified atom stereocenters. The second-order valence-corrected chi connectivity index (χ2v) is 5.74. The van der Waals surface area contributed by atoms with Crippen LogP contribution in [0.25, 0.3) is 0 Å². The van der Waals surface area contributed by atoms with Gasteiger partial charge in [0, 0.05) is 12.4 Å². The number of amidine groups is 1. The van der Waals surface area contributed by atoms with Gasteiger partial charge in [-0.2, -0.15) is 5.10 Å². The van der Waals surface area contributed by atoms with Gasteiger partial charge >= 0.3 is 0 Å². The molecule has 4 nitrogen and oxygen atoms in total. The van der Waals surface area contributed by atoms with Crippen molar-refractivity contribution in [2.75, 3.05) is 12.4 Å². The highest BCUT2D eigenvalue weighted by Gasteiger charge is 2.07. The third-order valence-electron chi connectivity index (χ3n) is 3.04. The van der Waals surface area contributed by atoms with Crippen molar-refractivity contribution >= 4 is 22.6 Å². The van der Waals surface area contributed by atoms with Gasteiger partial charge in [-0.15, -0.1) is 5.10 Å². The van der Waals surface area contributed by atoms with E-state index in [0.717, 1.165) is 43.8 Å². The lowest BCUT2D eigenvalue weighted by molar-refractivity contribution is 0.117. The summed E-state index contributed by atoms with van der Waals surface area (Å²) in [6, 6.07) is 10.3. The van der Waals surface area contributed by atoms with E-state index in [1.165, 1.54) is 5.56 Å². The molecule has 1 aliphatic rings. The number of benzene rings is 1. The second kappa shape index (κ2) is 8.76. The van der Waals surface area contributed by atoms with Gasteiger partial charge in [0.15, 0.2) is 5.17 Å². The number of unbranched alkanes of at least 4 members (excludes halogenated alkanes) is 2. The fraction of sp³-hybridized carbons (Fsp3) is 0.467. The lowest BCUT2D eigenvalue weighted by Gasteiger charge is -2.08. The minimum Gasteiger partial charge on any atom is -0.377 e. The highest BCUT2D eigenvalue weighted by Crippen LogP contribution is 2.12. The Morgan fingerprint density at radius 3 is 2.70 bits per heavy atom. The molecule has 2 rings (SSSR count). The van der Waals surface area contributed by atoms with Gasteiger partial charge < -0.3 is 10.5 Å². The van der Waals surface area contributed by atoms with Crippen LogP contribution < -0.4 is 5.73 Å². The lowest BCUT2D eigenvalue weighted by Crippen LogP contribution is -2.15. The van der Waals surface area contributed by atoms with Crippen molar-refractivity contribution in [2.45, 2.75) is 32.3 Å². The van der Waals surface area contributed by atoms with Crippen LogP contribution in [-0.4, -0.2) is 23.2 Å². The molecular weight excluding hydrogens is 270 g/mol. The topological polar surface area (TPSA) is 60.0 Å². The molecule has 1 aromatic carbocycles. The van der Waals surface area contributed by atoms with Crippen molar-refractivity contribution in [3.8, 4) is 0 Å². The van der Waals surface area contributed by atoms with E-state index >= 15 is 0 Å². The van der Waals surface area contributed by atoms with E-state index in [1.54, 1.807) is 11.8 Å². The van der Waals surface area contributed by atoms with E-state index in [-0.39, 0.29) is 0 Å². The molecule has 2 N–H and O–H groups in total. The fourth-order valence-corrected chi connectivity index (χ4v) is 2.55. The molecular formula is C15H21N3OS. The number of nitrogens with two attached hydrogens (primary N) is 1. The smallest absolute Gasteiger partial charge is 0.180 e. The molecule has 1 aliphatic heterocycles. The molecule has 0 aromatic heterocycles. The highest BCUT2D eigenvalue weighted by molar-refractivity contribution is 8.14. The van der Waals surface area contributed by atoms with Crippen LogP contribution in [0.2, 0.25) is 0 Å². The first-order valence-corrected chi connectivity index (χ1v) is 7.96. The molecule has 1 aromatic rings. The number of thioether (sulfide) groups is 1. The van der Waals surface area contributed by atoms with E-state index < -0.39 is 0 Å². The van der Waals surface area contributed by atoms with Crippen molar-refractivity contribution in [1.29, 1.82) is 0 Å². The van der Waals surface area contributed by atoms with Gasteiger partial charge in [-0.1, -0.05) is 48.5 Å². The molecule has 0 saturated carbocycles. The lowest BCUT2D eigenvalue weighted by atomic mass is 10.1. The van der Waals surface area contributed by atoms with Crippen LogP contribution >= 0.6 is 11.8 Å². The quantitative estimate of drug-likeness (QED) is 0.748. The Morgan fingerprint density at radius 1 is 1.10 bits per heavy atom. The summed E-state index contributed by atoms with van der Waals surface area (Å²) in [6.07, 6.45) is 4.42. The van der Waals surface area contributed by atoms with Gasteiger partial charge in [-0.3, -0.25) is 0 Å². The molecule has 0 radical (unpaired) electrons. The number of hydrogen-bond acceptors (Lipinski definition) is 5. The summed E-state index contributed by atoms with van der Waals surface area (Å²) >= 11 is 1.57. The van der Waals surface area contributed by atoms with E-state index in [1.807, 2.05) is 18.2 Å². The molecule has 0 aliphatic carbocycles. The molecule has 20 heavy (non-hydrogen) atoms. The van der Waals surface area contributed by atoms with Crippen LogP contribution in [0.15, 0.2) is 40.5 Å². The molecule has 108 valence electrons. The monoisotopic (exact) mass is 291 g/mol. The first kappa shape index (κ1) is 15.1. The number of nitrogens with zero attached hydrogens (tertiary/aromatic N) is 2. The van der Waals surface area contributed by atoms with Crippen LogP contribution in [0.1, 0.15) is 31.2 Å². The number of hydrogen-bond donors (Lipinski definition) is 1. The van der Waals surface area contributed by atoms with Crippen LogP contribution in [0.4, 0.5) is 0 Å². The van der Waals surface area contributed by atoms with Gasteiger partial charge in [0.05, 0.1) is 12.3 Å². The van der Waals surface area contributed by atoms with Crippen LogP contribution in [0.5, 0.6) is 0 Å². The van der Waals surface area contributed by atoms with E-state index in [0.29, 0.717) is 11.8 Å². The number of rotatable bonds is 8. The molecule has 0 saturated heterocycles. The van der Waals surface area contributed by atoms with Crippen molar-refractivity contribution in [3.05, 3.63) is 35.9 Å². The molecule has 0 atom stereocenters. The van der Waals surface area contributed by atoms with Gasteiger partial charge in [-0.25, -0.2) is 0 Å². The predicted molar refractivity (Wildman–Crippen MR) is 86.1 cm³/mol. The standard InChI is InChI=1S/C15H21N3OS/c16-15-18-17-14(12-20-15)9-5-2-6-10-19-11-13-7-3-1-4-8-13/h1,3-4,7-8H,2,5-6,9-12H2,(H2,16,18). The minimum atomic E-state index is 0.572. The average molecular weight is 291 g/mol. The Kier molecular flexibility index (Phi) is 6.60. The Bertz CT molecular complexity index is 459. The van der Waals surface area contributed by atoms with Crippen molar-refractivity contribution in [1.82, 2.24) is 0 Å². The Balaban J connectivity index is 1.48. The van der Waals surface area contributed by atoms with Gasteiger partial charge in [0.1, 0.15) is 0 Å². The molecule has 0 bridgehead atoms. The highest BCUT2D eigenvalue weighted by atomic mass is 32.2. The first-order chi connectivity index (χ1) is 9.84. The van der Waals surface area contributed by atoms with Crippen LogP contribution in [0.3, 0.4) is 0 Å². The summed E-state index contributed by atoms with van der Waals surface area (Å²) < 4.78 is 5.65. The van der Waals surface area contributed by atoms with E-state index in [2.05, 4.69) is 22.3 Å². The zero-order valence-electron chi connectivity index (χ0n) is 11.6. The van der Waals surface area contributed by atoms with Crippen molar-refractivity contribution in [2.24, 2.45) is 15.9 Å². The maximum atomic E-state index is 5.65. The predicted octanol–water partition coefficient (Wildman–Crippen LogP) is 3.18. The molecule has 5 heteroatoms. The van der Waals surface area contributed by atoms with Crippen LogP contribution in [-0.2, 0) is 11.3 Å². The van der Waals surface area contributed by atoms with Gasteiger partial charge in [0.25, 0.3) is 0 Å². The summed E-state index contributed by atoms with van der Waals surface area (Å²) in [6.45, 7) is 1.53. The van der Waals surface area contributed by atoms with Crippen molar-refractivity contribution < 1.29 is 4.74 Å². The van der Waals surface area contributed by atoms with Gasteiger partial charge in [-0.05, 0) is 24.8 Å². The molecule has 0 fully saturated rings. The van der Waals surface area contributed by atoms with Crippen molar-refractivity contribution in [3.63, 3.8) is 0 Å². The van der Waals surface area contributed by atoms with Crippen LogP contribution in [0, 0.1) is 0 Å². The Labute approximate surface area is 124 Å². The fourth-order valence-electron chi connectivity index (χ4n) is 1.93. The summed E-state index contributed by atoms with van der Waals surface area (Å²) in [7, 11) is 0. The Morgan fingerprint density at radius 2 is 1.95 bits per heavy atom. The molecule has 1 heterocycles. The minimum absolute atomic E-state index is 0.572. The third kappa shape index (κ3) is 5.75. The second-order valence-electron chi connectivity index (χ2n) is 4.74. The van der Waals surface area contributed by atoms with E-state index in [9.17, 15) is 0 Å². The Hall–Kier alpha value is -1.33. The maximum Gasteiger partial charge on any atom is 0.180 e. The summed E-state index contributed by atoms with van der Waals surface area (Å²) in [5.74, 6) is 0.889. The number of ether oxygens (including phenoxy) is 1. The zero-order valence-corrected chi connectivity index (χ0v) is 12.4. The normalized spacial score (nSPS) is 14.8. The summed E-state index contributed by atoms with van der Waals surface area (Å²) in [4.78, 5) is 0. The average Bonchev–Trinajstić information content (AvgIpc) is 2.49. The third-order valence-corrected chi connectivity index (χ3v) is 3.90. The maximum absolute atomic E-state index is 5.65. The molecule has 0 amide bonds. The zero-order chi connectivity index (χ0) is 14.0. The molecule has 0 spiro atoms. The summed E-state index contributed by atoms with van der Waals surface area (Å²) in [5.41, 5.74) is 7.92. The van der Waals surface area contributed by atoms with Gasteiger partial charge in [0.2, 0.25) is 0 Å². The largest absolute Gasteiger partial charge is 0.377 e. The SMILES string of the molecule is NC1=NN=C(CCCCCOCc2ccccc2)CS1. The summed E-state index contributed by atoms with van der Waals surface area (Å²) in [5, 5.41) is 8.58.